The van der Waals surface area contributed by atoms with Crippen molar-refractivity contribution in [3.8, 4) is 0 Å². The Morgan fingerprint density at radius 3 is 2.35 bits per heavy atom. The first-order valence-corrected chi connectivity index (χ1v) is 5.78. The molecule has 96 valence electrons. The fourth-order valence-electron chi connectivity index (χ4n) is 1.80. The van der Waals surface area contributed by atoms with Gasteiger partial charge in [0.25, 0.3) is 0 Å². The number of nitrogens with zero attached hydrogens (tertiary/aromatic N) is 3. The van der Waals surface area contributed by atoms with Gasteiger partial charge in [0.05, 0.1) is 18.8 Å². The Balaban J connectivity index is 1.98. The summed E-state index contributed by atoms with van der Waals surface area (Å²) in [6.07, 6.45) is -1.35. The van der Waals surface area contributed by atoms with Crippen molar-refractivity contribution in [1.29, 1.82) is 0 Å². The average Bonchev–Trinajstić information content (AvgIpc) is 2.75. The lowest BCUT2D eigenvalue weighted by Crippen LogP contribution is -2.22. The quantitative estimate of drug-likeness (QED) is 0.752. The van der Waals surface area contributed by atoms with Crippen LogP contribution in [0, 0.1) is 0 Å². The van der Waals surface area contributed by atoms with Crippen LogP contribution in [-0.4, -0.2) is 50.6 Å². The number of likely N-dealkylation sites (tertiary alicyclic amines) is 1. The highest BCUT2D eigenvalue weighted by molar-refractivity contribution is 4.99. The van der Waals surface area contributed by atoms with Crippen LogP contribution in [0.25, 0.3) is 0 Å². The van der Waals surface area contributed by atoms with E-state index >= 15 is 0 Å². The molecule has 1 aromatic heterocycles. The van der Waals surface area contributed by atoms with E-state index in [0.717, 1.165) is 0 Å². The molecule has 0 bridgehead atoms. The third-order valence-corrected chi connectivity index (χ3v) is 2.81. The van der Waals surface area contributed by atoms with E-state index in [9.17, 15) is 10.2 Å². The highest BCUT2D eigenvalue weighted by Gasteiger charge is 2.30. The summed E-state index contributed by atoms with van der Waals surface area (Å²) in [6.45, 7) is 7.41. The lowest BCUT2D eigenvalue weighted by molar-refractivity contribution is 0.0572. The zero-order chi connectivity index (χ0) is 12.6. The third kappa shape index (κ3) is 2.83. The zero-order valence-electron chi connectivity index (χ0n) is 10.4. The molecule has 2 N–H and O–H groups in total. The minimum absolute atomic E-state index is 0.157. The van der Waals surface area contributed by atoms with E-state index in [1.807, 2.05) is 25.7 Å². The maximum atomic E-state index is 9.42. The summed E-state index contributed by atoms with van der Waals surface area (Å²) in [4.78, 5) is 6.22. The molecule has 1 aliphatic rings. The summed E-state index contributed by atoms with van der Waals surface area (Å²) in [5.74, 6) is 1.20. The largest absolute Gasteiger partial charge is 0.389 e. The number of hydrogen-bond donors (Lipinski definition) is 2. The molecule has 1 aliphatic heterocycles. The molecule has 17 heavy (non-hydrogen) atoms. The molecular weight excluding hydrogens is 222 g/mol. The molecule has 2 rings (SSSR count). The van der Waals surface area contributed by atoms with Crippen molar-refractivity contribution in [2.45, 2.75) is 44.9 Å². The molecule has 1 aromatic rings. The zero-order valence-corrected chi connectivity index (χ0v) is 10.4. The van der Waals surface area contributed by atoms with Gasteiger partial charge in [0.2, 0.25) is 5.89 Å². The first-order valence-electron chi connectivity index (χ1n) is 5.78. The van der Waals surface area contributed by atoms with Gasteiger partial charge in [0, 0.05) is 18.5 Å². The Morgan fingerprint density at radius 2 is 1.88 bits per heavy atom. The summed E-state index contributed by atoms with van der Waals surface area (Å²) in [5, 5.41) is 22.8. The SMILES string of the molecule is CC(C)(C)c1nc(CN2C[C@@H](O)[C@@H](O)C2)no1. The van der Waals surface area contributed by atoms with Gasteiger partial charge in [0.1, 0.15) is 0 Å². The summed E-state index contributed by atoms with van der Waals surface area (Å²) in [6, 6.07) is 0. The van der Waals surface area contributed by atoms with Crippen molar-refractivity contribution < 1.29 is 14.7 Å². The van der Waals surface area contributed by atoms with Gasteiger partial charge in [-0.1, -0.05) is 25.9 Å². The van der Waals surface area contributed by atoms with Gasteiger partial charge in [-0.25, -0.2) is 0 Å². The fourth-order valence-corrected chi connectivity index (χ4v) is 1.80. The molecule has 0 spiro atoms. The van der Waals surface area contributed by atoms with Gasteiger partial charge in [-0.15, -0.1) is 0 Å². The molecule has 6 heteroatoms. The number of rotatable bonds is 2. The summed E-state index contributed by atoms with van der Waals surface area (Å²) in [5.41, 5.74) is -0.157. The number of aliphatic hydroxyl groups excluding tert-OH is 2. The molecular formula is C11H19N3O3. The van der Waals surface area contributed by atoms with Gasteiger partial charge < -0.3 is 14.7 Å². The van der Waals surface area contributed by atoms with Crippen molar-refractivity contribution in [1.82, 2.24) is 15.0 Å². The van der Waals surface area contributed by atoms with Crippen molar-refractivity contribution in [2.75, 3.05) is 13.1 Å². The van der Waals surface area contributed by atoms with Gasteiger partial charge in [-0.05, 0) is 0 Å². The monoisotopic (exact) mass is 241 g/mol. The molecule has 0 saturated carbocycles. The van der Waals surface area contributed by atoms with Crippen LogP contribution < -0.4 is 0 Å². The number of aliphatic hydroxyl groups is 2. The van der Waals surface area contributed by atoms with E-state index in [2.05, 4.69) is 10.1 Å². The first kappa shape index (κ1) is 12.5. The van der Waals surface area contributed by atoms with Crippen LogP contribution in [0.5, 0.6) is 0 Å². The number of aromatic nitrogens is 2. The predicted molar refractivity (Wildman–Crippen MR) is 60.3 cm³/mol. The maximum Gasteiger partial charge on any atom is 0.232 e. The van der Waals surface area contributed by atoms with Gasteiger partial charge >= 0.3 is 0 Å². The highest BCUT2D eigenvalue weighted by Crippen LogP contribution is 2.20. The molecule has 6 nitrogen and oxygen atoms in total. The fraction of sp³-hybridized carbons (Fsp3) is 0.818. The Hall–Kier alpha value is -0.980. The van der Waals surface area contributed by atoms with Crippen LogP contribution in [0.15, 0.2) is 4.52 Å². The topological polar surface area (TPSA) is 82.6 Å². The molecule has 0 radical (unpaired) electrons. The average molecular weight is 241 g/mol. The van der Waals surface area contributed by atoms with Crippen LogP contribution in [0.3, 0.4) is 0 Å². The van der Waals surface area contributed by atoms with Crippen molar-refractivity contribution in [3.05, 3.63) is 11.7 Å². The standard InChI is InChI=1S/C11H19N3O3/c1-11(2,3)10-12-9(13-17-10)6-14-4-7(15)8(16)5-14/h7-8,15-16H,4-6H2,1-3H3/t7-,8+. The van der Waals surface area contributed by atoms with Crippen LogP contribution in [-0.2, 0) is 12.0 Å². The lowest BCUT2D eigenvalue weighted by atomic mass is 9.97. The molecule has 0 amide bonds. The predicted octanol–water partition coefficient (Wildman–Crippen LogP) is -0.0955. The van der Waals surface area contributed by atoms with Crippen LogP contribution >= 0.6 is 0 Å². The van der Waals surface area contributed by atoms with Crippen LogP contribution in [0.2, 0.25) is 0 Å². The maximum absolute atomic E-state index is 9.42. The Kier molecular flexibility index (Phi) is 3.20. The van der Waals surface area contributed by atoms with Gasteiger partial charge in [0.15, 0.2) is 5.82 Å². The van der Waals surface area contributed by atoms with E-state index in [-0.39, 0.29) is 5.41 Å². The highest BCUT2D eigenvalue weighted by atomic mass is 16.5. The van der Waals surface area contributed by atoms with Crippen molar-refractivity contribution in [2.24, 2.45) is 0 Å². The van der Waals surface area contributed by atoms with E-state index < -0.39 is 12.2 Å². The second-order valence-corrected chi connectivity index (χ2v) is 5.59. The lowest BCUT2D eigenvalue weighted by Gasteiger charge is -2.12. The molecule has 2 atom stereocenters. The molecule has 1 fully saturated rings. The van der Waals surface area contributed by atoms with E-state index in [4.69, 9.17) is 4.52 Å². The molecule has 0 unspecified atom stereocenters. The number of hydrogen-bond acceptors (Lipinski definition) is 6. The second-order valence-electron chi connectivity index (χ2n) is 5.59. The summed E-state index contributed by atoms with van der Waals surface area (Å²) in [7, 11) is 0. The van der Waals surface area contributed by atoms with Gasteiger partial charge in [-0.2, -0.15) is 4.98 Å². The Labute approximate surface area is 100 Å². The van der Waals surface area contributed by atoms with Crippen LogP contribution in [0.4, 0.5) is 0 Å². The molecule has 0 aromatic carbocycles. The van der Waals surface area contributed by atoms with Gasteiger partial charge in [-0.3, -0.25) is 4.90 Å². The third-order valence-electron chi connectivity index (χ3n) is 2.81. The molecule has 1 saturated heterocycles. The number of β-amino-alcohol motifs (C(OH)–C–C–N with tert-alkyl or cyclic N) is 2. The summed E-state index contributed by atoms with van der Waals surface area (Å²) >= 11 is 0. The first-order chi connectivity index (χ1) is 7.86. The second kappa shape index (κ2) is 4.36. The summed E-state index contributed by atoms with van der Waals surface area (Å²) < 4.78 is 5.18. The minimum Gasteiger partial charge on any atom is -0.389 e. The van der Waals surface area contributed by atoms with Crippen molar-refractivity contribution in [3.63, 3.8) is 0 Å². The van der Waals surface area contributed by atoms with E-state index in [1.54, 1.807) is 0 Å². The van der Waals surface area contributed by atoms with Crippen LogP contribution in [0.1, 0.15) is 32.5 Å². The smallest absolute Gasteiger partial charge is 0.232 e. The molecule has 2 heterocycles. The molecule has 0 aliphatic carbocycles. The minimum atomic E-state index is -0.677. The Bertz CT molecular complexity index is 376. The van der Waals surface area contributed by atoms with Crippen molar-refractivity contribution >= 4 is 0 Å². The Morgan fingerprint density at radius 1 is 1.29 bits per heavy atom. The normalized spacial score (nSPS) is 26.6. The van der Waals surface area contributed by atoms with E-state index in [0.29, 0.717) is 31.3 Å². The van der Waals surface area contributed by atoms with E-state index in [1.165, 1.54) is 0 Å².